The summed E-state index contributed by atoms with van der Waals surface area (Å²) in [5.41, 5.74) is 1.16. The summed E-state index contributed by atoms with van der Waals surface area (Å²) in [5.74, 6) is 2.31. The summed E-state index contributed by atoms with van der Waals surface area (Å²) in [6.07, 6.45) is 7.88. The Morgan fingerprint density at radius 2 is 1.66 bits per heavy atom. The molecular weight excluding hydrogens is 360 g/mol. The highest BCUT2D eigenvalue weighted by molar-refractivity contribution is 5.91. The second kappa shape index (κ2) is 13.3. The average molecular weight is 401 g/mol. The molecule has 1 aromatic carbocycles. The molecule has 0 heterocycles. The van der Waals surface area contributed by atoms with Gasteiger partial charge in [-0.15, -0.1) is 0 Å². The van der Waals surface area contributed by atoms with E-state index in [0.29, 0.717) is 12.3 Å². The van der Waals surface area contributed by atoms with E-state index in [-0.39, 0.29) is 29.3 Å². The monoisotopic (exact) mass is 400 g/mol. The fourth-order valence-corrected chi connectivity index (χ4v) is 3.11. The van der Waals surface area contributed by atoms with Crippen molar-refractivity contribution in [2.45, 2.75) is 73.6 Å². The quantitative estimate of drug-likeness (QED) is 0.266. The van der Waals surface area contributed by atoms with Crippen LogP contribution in [0.1, 0.15) is 72.8 Å². The molecule has 0 aliphatic rings. The first-order valence-corrected chi connectivity index (χ1v) is 11.1. The second-order valence-corrected chi connectivity index (χ2v) is 9.10. The summed E-state index contributed by atoms with van der Waals surface area (Å²) >= 11 is 0. The lowest BCUT2D eigenvalue weighted by Gasteiger charge is -2.14. The lowest BCUT2D eigenvalue weighted by Crippen LogP contribution is -2.16. The summed E-state index contributed by atoms with van der Waals surface area (Å²) in [6, 6.07) is 8.12. The van der Waals surface area contributed by atoms with Gasteiger partial charge >= 0.3 is 0 Å². The van der Waals surface area contributed by atoms with Crippen molar-refractivity contribution in [3.05, 3.63) is 42.0 Å². The molecule has 0 aliphatic heterocycles. The van der Waals surface area contributed by atoms with Crippen LogP contribution < -0.4 is 4.74 Å². The molecule has 2 unspecified atom stereocenters. The number of ether oxygens (including phenoxy) is 1. The van der Waals surface area contributed by atoms with E-state index in [4.69, 9.17) is 4.74 Å². The van der Waals surface area contributed by atoms with Gasteiger partial charge in [0.15, 0.2) is 5.78 Å². The number of ketones is 2. The fourth-order valence-electron chi connectivity index (χ4n) is 3.11. The Labute approximate surface area is 177 Å². The van der Waals surface area contributed by atoms with E-state index in [9.17, 15) is 9.59 Å². The van der Waals surface area contributed by atoms with Gasteiger partial charge in [0.25, 0.3) is 0 Å². The van der Waals surface area contributed by atoms with Crippen molar-refractivity contribution < 1.29 is 14.3 Å². The van der Waals surface area contributed by atoms with Gasteiger partial charge in [-0.2, -0.15) is 0 Å². The molecule has 3 nitrogen and oxygen atoms in total. The first kappa shape index (κ1) is 25.1. The molecule has 0 radical (unpaired) electrons. The lowest BCUT2D eigenvalue weighted by atomic mass is 9.90. The molecule has 162 valence electrons. The van der Waals surface area contributed by atoms with Crippen LogP contribution in [-0.2, 0) is 16.0 Å². The zero-order chi connectivity index (χ0) is 21.8. The molecule has 0 saturated heterocycles. The van der Waals surface area contributed by atoms with Crippen LogP contribution in [0.15, 0.2) is 36.4 Å². The minimum atomic E-state index is -0.00321. The third-order valence-corrected chi connectivity index (χ3v) is 5.15. The van der Waals surface area contributed by atoms with Gasteiger partial charge in [-0.1, -0.05) is 59.8 Å². The normalized spacial score (nSPS) is 13.8. The van der Waals surface area contributed by atoms with Gasteiger partial charge < -0.3 is 4.74 Å². The second-order valence-electron chi connectivity index (χ2n) is 9.10. The molecule has 0 aliphatic carbocycles. The highest BCUT2D eigenvalue weighted by Gasteiger charge is 2.16. The maximum atomic E-state index is 12.5. The number of carbonyl (C=O) groups is 2. The number of Topliss-reactive ketones (excluding diaryl/α,β-unsaturated/α-hetero) is 1. The number of hydrogen-bond acceptors (Lipinski definition) is 3. The molecule has 1 rings (SSSR count). The van der Waals surface area contributed by atoms with Gasteiger partial charge in [0, 0.05) is 18.3 Å². The predicted octanol–water partition coefficient (Wildman–Crippen LogP) is 6.45. The van der Waals surface area contributed by atoms with Gasteiger partial charge in [-0.3, -0.25) is 9.59 Å². The molecule has 0 bridgehead atoms. The summed E-state index contributed by atoms with van der Waals surface area (Å²) in [4.78, 5) is 24.2. The van der Waals surface area contributed by atoms with Crippen molar-refractivity contribution in [2.75, 3.05) is 6.61 Å². The standard InChI is InChI=1S/C26H40O3/c1-19(2)9-8-16-29-24-14-12-23(13-15-24)18-22(6)26(28)17-21(5)10-7-11-25(27)20(3)4/h7,11-15,19-22H,8-10,16-18H2,1-6H3/b11-7+. The van der Waals surface area contributed by atoms with Crippen molar-refractivity contribution in [1.82, 2.24) is 0 Å². The Morgan fingerprint density at radius 3 is 2.24 bits per heavy atom. The van der Waals surface area contributed by atoms with E-state index in [1.165, 1.54) is 6.42 Å². The van der Waals surface area contributed by atoms with Crippen LogP contribution in [0, 0.1) is 23.7 Å². The van der Waals surface area contributed by atoms with Crippen molar-refractivity contribution in [2.24, 2.45) is 23.7 Å². The molecule has 29 heavy (non-hydrogen) atoms. The Balaban J connectivity index is 2.39. The first-order chi connectivity index (χ1) is 13.7. The van der Waals surface area contributed by atoms with E-state index >= 15 is 0 Å². The van der Waals surface area contributed by atoms with E-state index in [0.717, 1.165) is 37.2 Å². The van der Waals surface area contributed by atoms with Crippen molar-refractivity contribution in [3.8, 4) is 5.75 Å². The van der Waals surface area contributed by atoms with Gasteiger partial charge in [0.1, 0.15) is 11.5 Å². The van der Waals surface area contributed by atoms with E-state index in [1.54, 1.807) is 6.08 Å². The average Bonchev–Trinajstić information content (AvgIpc) is 2.66. The molecule has 1 aromatic rings. The van der Waals surface area contributed by atoms with Crippen molar-refractivity contribution in [1.29, 1.82) is 0 Å². The minimum absolute atomic E-state index is 0.00321. The Hall–Kier alpha value is -1.90. The minimum Gasteiger partial charge on any atom is -0.494 e. The third kappa shape index (κ3) is 11.0. The predicted molar refractivity (Wildman–Crippen MR) is 121 cm³/mol. The maximum absolute atomic E-state index is 12.5. The summed E-state index contributed by atoms with van der Waals surface area (Å²) in [7, 11) is 0. The Bertz CT molecular complexity index is 640. The van der Waals surface area contributed by atoms with Gasteiger partial charge in [0.05, 0.1) is 6.61 Å². The molecular formula is C26H40O3. The SMILES string of the molecule is CC(C)CCCOc1ccc(CC(C)C(=O)CC(C)C/C=C/C(=O)C(C)C)cc1. The molecule has 0 N–H and O–H groups in total. The highest BCUT2D eigenvalue weighted by Crippen LogP contribution is 2.19. The van der Waals surface area contributed by atoms with Crippen LogP contribution in [0.2, 0.25) is 0 Å². The lowest BCUT2D eigenvalue weighted by molar-refractivity contribution is -0.123. The highest BCUT2D eigenvalue weighted by atomic mass is 16.5. The van der Waals surface area contributed by atoms with Crippen LogP contribution in [-0.4, -0.2) is 18.2 Å². The molecule has 0 saturated carbocycles. The Kier molecular flexibility index (Phi) is 11.6. The zero-order valence-corrected chi connectivity index (χ0v) is 19.2. The largest absolute Gasteiger partial charge is 0.494 e. The van der Waals surface area contributed by atoms with Crippen molar-refractivity contribution >= 4 is 11.6 Å². The van der Waals surface area contributed by atoms with E-state index in [1.807, 2.05) is 39.0 Å². The summed E-state index contributed by atoms with van der Waals surface area (Å²) < 4.78 is 5.79. The number of allylic oxidation sites excluding steroid dienone is 2. The van der Waals surface area contributed by atoms with Gasteiger partial charge in [0.2, 0.25) is 0 Å². The van der Waals surface area contributed by atoms with Gasteiger partial charge in [-0.25, -0.2) is 0 Å². The first-order valence-electron chi connectivity index (χ1n) is 11.1. The molecule has 0 aromatic heterocycles. The number of rotatable bonds is 14. The number of benzene rings is 1. The van der Waals surface area contributed by atoms with Crippen LogP contribution in [0.3, 0.4) is 0 Å². The number of hydrogen-bond donors (Lipinski definition) is 0. The van der Waals surface area contributed by atoms with Crippen LogP contribution in [0.25, 0.3) is 0 Å². The molecule has 0 fully saturated rings. The van der Waals surface area contributed by atoms with Crippen LogP contribution >= 0.6 is 0 Å². The van der Waals surface area contributed by atoms with Crippen LogP contribution in [0.5, 0.6) is 5.75 Å². The van der Waals surface area contributed by atoms with Crippen molar-refractivity contribution in [3.63, 3.8) is 0 Å². The van der Waals surface area contributed by atoms with E-state index in [2.05, 4.69) is 32.9 Å². The number of carbonyl (C=O) groups excluding carboxylic acids is 2. The topological polar surface area (TPSA) is 43.4 Å². The third-order valence-electron chi connectivity index (χ3n) is 5.15. The van der Waals surface area contributed by atoms with Crippen LogP contribution in [0.4, 0.5) is 0 Å². The molecule has 0 spiro atoms. The molecule has 2 atom stereocenters. The molecule has 3 heteroatoms. The summed E-state index contributed by atoms with van der Waals surface area (Å²) in [6.45, 7) is 13.1. The van der Waals surface area contributed by atoms with E-state index < -0.39 is 0 Å². The molecule has 0 amide bonds. The zero-order valence-electron chi connectivity index (χ0n) is 19.2. The summed E-state index contributed by atoms with van der Waals surface area (Å²) in [5, 5.41) is 0. The smallest absolute Gasteiger partial charge is 0.157 e. The fraction of sp³-hybridized carbons (Fsp3) is 0.615. The van der Waals surface area contributed by atoms with Gasteiger partial charge in [-0.05, 0) is 61.3 Å². The Morgan fingerprint density at radius 1 is 1.00 bits per heavy atom. The maximum Gasteiger partial charge on any atom is 0.157 e.